The number of rotatable bonds is 4. The van der Waals surface area contributed by atoms with E-state index in [0.29, 0.717) is 6.54 Å². The van der Waals surface area contributed by atoms with Crippen molar-refractivity contribution in [3.8, 4) is 0 Å². The number of halogens is 1. The molecule has 0 saturated carbocycles. The Morgan fingerprint density at radius 3 is 2.90 bits per heavy atom. The summed E-state index contributed by atoms with van der Waals surface area (Å²) in [5.74, 6) is 0. The molecule has 4 nitrogen and oxygen atoms in total. The lowest BCUT2D eigenvalue weighted by atomic mass is 10.3. The molecular weight excluding hydrogens is 314 g/mol. The number of thiophene rings is 2. The van der Waals surface area contributed by atoms with E-state index in [0.717, 1.165) is 4.88 Å². The zero-order valence-electron chi connectivity index (χ0n) is 10.4. The van der Waals surface area contributed by atoms with E-state index >= 15 is 0 Å². The monoisotopic (exact) mass is 325 g/mol. The average molecular weight is 326 g/mol. The van der Waals surface area contributed by atoms with E-state index in [1.807, 2.05) is 6.07 Å². The van der Waals surface area contributed by atoms with Crippen LogP contribution in [-0.4, -0.2) is 14.8 Å². The molecule has 0 unspecified atom stereocenters. The van der Waals surface area contributed by atoms with Crippen molar-refractivity contribution in [1.29, 1.82) is 0 Å². The number of nitrogens with zero attached hydrogens (tertiary/aromatic N) is 2. The number of hydrogen-bond donors (Lipinski definition) is 1. The molecule has 3 aromatic rings. The standard InChI is InChI=1S/C13H11N3OS2.ClH/c17-13-15-14-9-16(13)7-12-4-3-11(19-12)2-1-10-5-6-18-8-10;/h1-6,8-9H,7H2,(H,15,17);1H/b2-1+;. The van der Waals surface area contributed by atoms with Crippen molar-refractivity contribution in [1.82, 2.24) is 14.8 Å². The van der Waals surface area contributed by atoms with Crippen LogP contribution < -0.4 is 5.69 Å². The molecule has 0 atom stereocenters. The predicted octanol–water partition coefficient (Wildman–Crippen LogP) is 3.33. The van der Waals surface area contributed by atoms with E-state index < -0.39 is 0 Å². The van der Waals surface area contributed by atoms with Crippen LogP contribution in [-0.2, 0) is 6.54 Å². The smallest absolute Gasteiger partial charge is 0.276 e. The molecule has 0 aromatic carbocycles. The minimum Gasteiger partial charge on any atom is -0.276 e. The molecule has 3 rings (SSSR count). The first-order valence-corrected chi connectivity index (χ1v) is 7.46. The van der Waals surface area contributed by atoms with Crippen molar-refractivity contribution in [2.75, 3.05) is 0 Å². The molecule has 0 fully saturated rings. The first kappa shape index (κ1) is 14.8. The van der Waals surface area contributed by atoms with Gasteiger partial charge in [0.1, 0.15) is 6.33 Å². The highest BCUT2D eigenvalue weighted by Crippen LogP contribution is 2.20. The van der Waals surface area contributed by atoms with Gasteiger partial charge in [-0.25, -0.2) is 9.89 Å². The summed E-state index contributed by atoms with van der Waals surface area (Å²) in [6, 6.07) is 6.19. The molecule has 0 radical (unpaired) electrons. The van der Waals surface area contributed by atoms with Crippen LogP contribution in [0, 0.1) is 0 Å². The Kier molecular flexibility index (Phi) is 4.94. The molecule has 20 heavy (non-hydrogen) atoms. The van der Waals surface area contributed by atoms with Crippen LogP contribution in [0.25, 0.3) is 12.2 Å². The number of aromatic nitrogens is 3. The van der Waals surface area contributed by atoms with E-state index in [4.69, 9.17) is 0 Å². The van der Waals surface area contributed by atoms with Crippen molar-refractivity contribution in [3.63, 3.8) is 0 Å². The number of H-pyrrole nitrogens is 1. The van der Waals surface area contributed by atoms with Gasteiger partial charge in [-0.05, 0) is 40.6 Å². The van der Waals surface area contributed by atoms with E-state index in [1.54, 1.807) is 27.2 Å². The molecule has 0 saturated heterocycles. The van der Waals surface area contributed by atoms with E-state index in [-0.39, 0.29) is 18.1 Å². The van der Waals surface area contributed by atoms with Crippen LogP contribution in [0.3, 0.4) is 0 Å². The zero-order valence-corrected chi connectivity index (χ0v) is 12.8. The molecule has 0 amide bonds. The highest BCUT2D eigenvalue weighted by molar-refractivity contribution is 7.12. The summed E-state index contributed by atoms with van der Waals surface area (Å²) >= 11 is 3.36. The minimum absolute atomic E-state index is 0. The third-order valence-electron chi connectivity index (χ3n) is 2.61. The fourth-order valence-electron chi connectivity index (χ4n) is 1.67. The molecule has 3 aromatic heterocycles. The van der Waals surface area contributed by atoms with E-state index in [9.17, 15) is 4.79 Å². The summed E-state index contributed by atoms with van der Waals surface area (Å²) in [6.07, 6.45) is 5.70. The van der Waals surface area contributed by atoms with Gasteiger partial charge in [0.25, 0.3) is 0 Å². The molecular formula is C13H12ClN3OS2. The second kappa shape index (κ2) is 6.69. The third kappa shape index (κ3) is 3.47. The van der Waals surface area contributed by atoms with Crippen LogP contribution in [0.1, 0.15) is 15.3 Å². The van der Waals surface area contributed by atoms with Gasteiger partial charge >= 0.3 is 5.69 Å². The van der Waals surface area contributed by atoms with E-state index in [1.165, 1.54) is 16.8 Å². The Hall–Kier alpha value is -1.63. The van der Waals surface area contributed by atoms with Crippen molar-refractivity contribution >= 4 is 47.2 Å². The van der Waals surface area contributed by atoms with Crippen LogP contribution in [0.15, 0.2) is 40.1 Å². The predicted molar refractivity (Wildman–Crippen MR) is 86.8 cm³/mol. The molecule has 0 aliphatic rings. The summed E-state index contributed by atoms with van der Waals surface area (Å²) < 4.78 is 1.55. The SMILES string of the molecule is Cl.O=c1[nH]ncn1Cc1ccc(/C=C/c2ccsc2)s1. The van der Waals surface area contributed by atoms with Gasteiger partial charge in [0.05, 0.1) is 6.54 Å². The van der Waals surface area contributed by atoms with Crippen molar-refractivity contribution in [3.05, 3.63) is 61.1 Å². The second-order valence-electron chi connectivity index (χ2n) is 3.98. The average Bonchev–Trinajstić information content (AvgIpc) is 3.12. The molecule has 104 valence electrons. The lowest BCUT2D eigenvalue weighted by molar-refractivity contribution is 0.772. The molecule has 1 N–H and O–H groups in total. The summed E-state index contributed by atoms with van der Waals surface area (Å²) in [4.78, 5) is 13.7. The summed E-state index contributed by atoms with van der Waals surface area (Å²) in [5, 5.41) is 10.3. The molecule has 0 spiro atoms. The lowest BCUT2D eigenvalue weighted by Gasteiger charge is -1.94. The van der Waals surface area contributed by atoms with Crippen LogP contribution >= 0.6 is 35.1 Å². The highest BCUT2D eigenvalue weighted by atomic mass is 35.5. The Morgan fingerprint density at radius 1 is 1.30 bits per heavy atom. The van der Waals surface area contributed by atoms with Gasteiger partial charge in [0, 0.05) is 9.75 Å². The number of aromatic amines is 1. The Balaban J connectivity index is 0.00000147. The molecule has 0 bridgehead atoms. The maximum absolute atomic E-state index is 11.3. The summed E-state index contributed by atoms with van der Waals surface area (Å²) in [5.41, 5.74) is 1.04. The Bertz CT molecular complexity index is 740. The van der Waals surface area contributed by atoms with Crippen molar-refractivity contribution in [2.24, 2.45) is 0 Å². The largest absolute Gasteiger partial charge is 0.343 e. The fourth-order valence-corrected chi connectivity index (χ4v) is 3.21. The van der Waals surface area contributed by atoms with Gasteiger partial charge in [-0.3, -0.25) is 4.57 Å². The quantitative estimate of drug-likeness (QED) is 0.800. The maximum Gasteiger partial charge on any atom is 0.343 e. The number of hydrogen-bond acceptors (Lipinski definition) is 4. The summed E-state index contributed by atoms with van der Waals surface area (Å²) in [7, 11) is 0. The van der Waals surface area contributed by atoms with Crippen LogP contribution in [0.2, 0.25) is 0 Å². The van der Waals surface area contributed by atoms with E-state index in [2.05, 4.69) is 45.2 Å². The third-order valence-corrected chi connectivity index (χ3v) is 4.35. The lowest BCUT2D eigenvalue weighted by Crippen LogP contribution is -2.16. The fraction of sp³-hybridized carbons (Fsp3) is 0.0769. The first-order chi connectivity index (χ1) is 9.31. The molecule has 0 aliphatic heterocycles. The van der Waals surface area contributed by atoms with Gasteiger partial charge < -0.3 is 0 Å². The van der Waals surface area contributed by atoms with Gasteiger partial charge in [-0.1, -0.05) is 6.08 Å². The topological polar surface area (TPSA) is 50.7 Å². The molecule has 7 heteroatoms. The van der Waals surface area contributed by atoms with Crippen molar-refractivity contribution < 1.29 is 0 Å². The normalized spacial score (nSPS) is 10.8. The van der Waals surface area contributed by atoms with Gasteiger partial charge in [-0.15, -0.1) is 23.7 Å². The Labute approximate surface area is 129 Å². The highest BCUT2D eigenvalue weighted by Gasteiger charge is 2.02. The molecule has 0 aliphatic carbocycles. The Morgan fingerprint density at radius 2 is 2.20 bits per heavy atom. The zero-order chi connectivity index (χ0) is 13.1. The molecule has 3 heterocycles. The number of nitrogens with one attached hydrogen (secondary N) is 1. The minimum atomic E-state index is -0.177. The van der Waals surface area contributed by atoms with Crippen molar-refractivity contribution in [2.45, 2.75) is 6.54 Å². The van der Waals surface area contributed by atoms with Gasteiger partial charge in [-0.2, -0.15) is 16.4 Å². The van der Waals surface area contributed by atoms with Gasteiger partial charge in [0.2, 0.25) is 0 Å². The second-order valence-corrected chi connectivity index (χ2v) is 5.96. The van der Waals surface area contributed by atoms with Crippen LogP contribution in [0.5, 0.6) is 0 Å². The summed E-state index contributed by atoms with van der Waals surface area (Å²) in [6.45, 7) is 0.562. The van der Waals surface area contributed by atoms with Crippen LogP contribution in [0.4, 0.5) is 0 Å². The first-order valence-electron chi connectivity index (χ1n) is 5.70. The van der Waals surface area contributed by atoms with Gasteiger partial charge in [0.15, 0.2) is 0 Å². The maximum atomic E-state index is 11.3.